The molecule has 2 rings (SSSR count). The number of anilines is 1. The highest BCUT2D eigenvalue weighted by Gasteiger charge is 2.09. The fraction of sp³-hybridized carbons (Fsp3) is 0.200. The van der Waals surface area contributed by atoms with Gasteiger partial charge in [0, 0.05) is 30.4 Å². The Hall–Kier alpha value is -2.50. The summed E-state index contributed by atoms with van der Waals surface area (Å²) in [5, 5.41) is 12.1. The van der Waals surface area contributed by atoms with Crippen LogP contribution >= 0.6 is 0 Å². The van der Waals surface area contributed by atoms with Gasteiger partial charge in [-0.05, 0) is 17.7 Å². The van der Waals surface area contributed by atoms with Gasteiger partial charge in [0.2, 0.25) is 0 Å². The summed E-state index contributed by atoms with van der Waals surface area (Å²) in [5.41, 5.74) is 1.05. The molecule has 4 nitrogen and oxygen atoms in total. The number of nitrogens with one attached hydrogen (secondary N) is 1. The molecule has 0 fully saturated rings. The summed E-state index contributed by atoms with van der Waals surface area (Å²) in [6.07, 6.45) is 0. The van der Waals surface area contributed by atoms with E-state index < -0.39 is 17.4 Å². The number of rotatable bonds is 5. The Morgan fingerprint density at radius 3 is 1.95 bits per heavy atom. The van der Waals surface area contributed by atoms with Crippen LogP contribution in [0.4, 0.5) is 14.5 Å². The van der Waals surface area contributed by atoms with Gasteiger partial charge in [0.05, 0.1) is 14.2 Å². The van der Waals surface area contributed by atoms with E-state index in [0.29, 0.717) is 22.7 Å². The Balaban J connectivity index is 2.16. The highest BCUT2D eigenvalue weighted by atomic mass is 19.1. The summed E-state index contributed by atoms with van der Waals surface area (Å²) in [4.78, 5) is 0. The van der Waals surface area contributed by atoms with E-state index in [2.05, 4.69) is 5.32 Å². The Kier molecular flexibility index (Phi) is 4.47. The van der Waals surface area contributed by atoms with Crippen molar-refractivity contribution in [2.45, 2.75) is 6.54 Å². The molecule has 6 heteroatoms. The van der Waals surface area contributed by atoms with Gasteiger partial charge in [-0.15, -0.1) is 0 Å². The third kappa shape index (κ3) is 3.53. The van der Waals surface area contributed by atoms with Crippen LogP contribution in [0.3, 0.4) is 0 Å². The van der Waals surface area contributed by atoms with E-state index >= 15 is 0 Å². The predicted molar refractivity (Wildman–Crippen MR) is 74.9 cm³/mol. The Morgan fingerprint density at radius 2 is 1.48 bits per heavy atom. The minimum Gasteiger partial charge on any atom is -0.503 e. The van der Waals surface area contributed by atoms with E-state index in [9.17, 15) is 8.78 Å². The molecule has 0 heterocycles. The van der Waals surface area contributed by atoms with Crippen molar-refractivity contribution in [1.29, 1.82) is 0 Å². The van der Waals surface area contributed by atoms with Crippen molar-refractivity contribution in [2.75, 3.05) is 19.5 Å². The van der Waals surface area contributed by atoms with E-state index in [0.717, 1.165) is 12.1 Å². The second kappa shape index (κ2) is 6.30. The topological polar surface area (TPSA) is 50.7 Å². The molecule has 2 aromatic carbocycles. The minimum absolute atomic E-state index is 0.185. The highest BCUT2D eigenvalue weighted by molar-refractivity contribution is 5.54. The first-order valence-electron chi connectivity index (χ1n) is 6.17. The van der Waals surface area contributed by atoms with E-state index in [1.165, 1.54) is 14.2 Å². The molecule has 21 heavy (non-hydrogen) atoms. The van der Waals surface area contributed by atoms with Gasteiger partial charge in [-0.3, -0.25) is 0 Å². The molecule has 0 amide bonds. The number of phenolic OH excluding ortho intramolecular Hbond substituents is 1. The van der Waals surface area contributed by atoms with Crippen LogP contribution in [-0.4, -0.2) is 19.3 Å². The number of methoxy groups -OCH3 is 2. The quantitative estimate of drug-likeness (QED) is 0.888. The SMILES string of the molecule is COc1cc(NCc2cc(F)c(O)c(F)c2)cc(OC)c1. The number of hydrogen-bond donors (Lipinski definition) is 2. The van der Waals surface area contributed by atoms with Gasteiger partial charge in [-0.1, -0.05) is 0 Å². The van der Waals surface area contributed by atoms with Crippen molar-refractivity contribution < 1.29 is 23.4 Å². The average molecular weight is 295 g/mol. The fourth-order valence-electron chi connectivity index (χ4n) is 1.83. The largest absolute Gasteiger partial charge is 0.503 e. The van der Waals surface area contributed by atoms with Gasteiger partial charge in [0.15, 0.2) is 17.4 Å². The molecule has 2 aromatic rings. The number of benzene rings is 2. The predicted octanol–water partition coefficient (Wildman–Crippen LogP) is 3.30. The summed E-state index contributed by atoms with van der Waals surface area (Å²) in [6, 6.07) is 7.32. The standard InChI is InChI=1S/C15H15F2NO3/c1-20-11-5-10(6-12(7-11)21-2)18-8-9-3-13(16)15(19)14(17)4-9/h3-7,18-19H,8H2,1-2H3. The van der Waals surface area contributed by atoms with Crippen molar-refractivity contribution in [3.63, 3.8) is 0 Å². The third-order valence-corrected chi connectivity index (χ3v) is 2.92. The number of ether oxygens (including phenoxy) is 2. The molecule has 0 spiro atoms. The van der Waals surface area contributed by atoms with Crippen LogP contribution in [0.5, 0.6) is 17.2 Å². The normalized spacial score (nSPS) is 10.3. The number of hydrogen-bond acceptors (Lipinski definition) is 4. The molecule has 0 aliphatic carbocycles. The molecular formula is C15H15F2NO3. The monoisotopic (exact) mass is 295 g/mol. The summed E-state index contributed by atoms with van der Waals surface area (Å²) in [6.45, 7) is 0.185. The molecular weight excluding hydrogens is 280 g/mol. The molecule has 0 aliphatic rings. The molecule has 2 N–H and O–H groups in total. The first-order chi connectivity index (χ1) is 10.0. The molecule has 0 aliphatic heterocycles. The maximum absolute atomic E-state index is 13.2. The van der Waals surface area contributed by atoms with Crippen molar-refractivity contribution in [1.82, 2.24) is 0 Å². The average Bonchev–Trinajstić information content (AvgIpc) is 2.49. The molecule has 0 aromatic heterocycles. The van der Waals surface area contributed by atoms with Crippen molar-refractivity contribution in [2.24, 2.45) is 0 Å². The second-order valence-corrected chi connectivity index (χ2v) is 4.36. The van der Waals surface area contributed by atoms with Crippen LogP contribution in [0, 0.1) is 11.6 Å². The van der Waals surface area contributed by atoms with E-state index in [4.69, 9.17) is 14.6 Å². The third-order valence-electron chi connectivity index (χ3n) is 2.92. The maximum Gasteiger partial charge on any atom is 0.187 e. The summed E-state index contributed by atoms with van der Waals surface area (Å²) in [5.74, 6) is -1.76. The molecule has 0 saturated heterocycles. The number of aromatic hydroxyl groups is 1. The van der Waals surface area contributed by atoms with Gasteiger partial charge >= 0.3 is 0 Å². The number of phenols is 1. The summed E-state index contributed by atoms with van der Waals surface area (Å²) < 4.78 is 36.8. The lowest BCUT2D eigenvalue weighted by Crippen LogP contribution is -2.01. The first kappa shape index (κ1) is 14.9. The fourth-order valence-corrected chi connectivity index (χ4v) is 1.83. The van der Waals surface area contributed by atoms with Crippen LogP contribution in [0.25, 0.3) is 0 Å². The van der Waals surface area contributed by atoms with Gasteiger partial charge in [0.25, 0.3) is 0 Å². The first-order valence-corrected chi connectivity index (χ1v) is 6.17. The maximum atomic E-state index is 13.2. The molecule has 112 valence electrons. The van der Waals surface area contributed by atoms with E-state index in [1.807, 2.05) is 0 Å². The van der Waals surface area contributed by atoms with Gasteiger partial charge in [-0.25, -0.2) is 8.78 Å². The summed E-state index contributed by atoms with van der Waals surface area (Å²) >= 11 is 0. The smallest absolute Gasteiger partial charge is 0.187 e. The molecule has 0 atom stereocenters. The molecule has 0 saturated carbocycles. The van der Waals surface area contributed by atoms with Crippen LogP contribution in [0.1, 0.15) is 5.56 Å². The molecule has 0 radical (unpaired) electrons. The lowest BCUT2D eigenvalue weighted by molar-refractivity contribution is 0.394. The lowest BCUT2D eigenvalue weighted by Gasteiger charge is -2.11. The summed E-state index contributed by atoms with van der Waals surface area (Å²) in [7, 11) is 3.06. The number of halogens is 2. The van der Waals surface area contributed by atoms with Crippen LogP contribution in [-0.2, 0) is 6.54 Å². The van der Waals surface area contributed by atoms with Crippen LogP contribution in [0.2, 0.25) is 0 Å². The van der Waals surface area contributed by atoms with E-state index in [-0.39, 0.29) is 6.54 Å². The molecule has 0 unspecified atom stereocenters. The van der Waals surface area contributed by atoms with Crippen molar-refractivity contribution >= 4 is 5.69 Å². The van der Waals surface area contributed by atoms with Gasteiger partial charge < -0.3 is 19.9 Å². The van der Waals surface area contributed by atoms with Crippen molar-refractivity contribution in [3.05, 3.63) is 47.5 Å². The zero-order valence-electron chi connectivity index (χ0n) is 11.6. The van der Waals surface area contributed by atoms with Gasteiger partial charge in [-0.2, -0.15) is 0 Å². The second-order valence-electron chi connectivity index (χ2n) is 4.36. The van der Waals surface area contributed by atoms with E-state index in [1.54, 1.807) is 18.2 Å². The zero-order chi connectivity index (χ0) is 15.4. The van der Waals surface area contributed by atoms with Gasteiger partial charge in [0.1, 0.15) is 11.5 Å². The highest BCUT2D eigenvalue weighted by Crippen LogP contribution is 2.27. The van der Waals surface area contributed by atoms with Crippen molar-refractivity contribution in [3.8, 4) is 17.2 Å². The Morgan fingerprint density at radius 1 is 0.952 bits per heavy atom. The zero-order valence-corrected chi connectivity index (χ0v) is 11.6. The molecule has 0 bridgehead atoms. The lowest BCUT2D eigenvalue weighted by atomic mass is 10.2. The Labute approximate surface area is 120 Å². The van der Waals surface area contributed by atoms with Crippen LogP contribution in [0.15, 0.2) is 30.3 Å². The van der Waals surface area contributed by atoms with Crippen LogP contribution < -0.4 is 14.8 Å². The Bertz CT molecular complexity index is 602. The minimum atomic E-state index is -0.991.